The van der Waals surface area contributed by atoms with Crippen molar-refractivity contribution >= 4 is 16.8 Å². The van der Waals surface area contributed by atoms with E-state index < -0.39 is 0 Å². The van der Waals surface area contributed by atoms with E-state index in [0.717, 1.165) is 42.1 Å². The Morgan fingerprint density at radius 2 is 2.00 bits per heavy atom. The van der Waals surface area contributed by atoms with Crippen LogP contribution in [0.15, 0.2) is 30.5 Å². The molecule has 4 nitrogen and oxygen atoms in total. The molecule has 1 fully saturated rings. The van der Waals surface area contributed by atoms with E-state index in [1.54, 1.807) is 0 Å². The molecule has 2 aromatic rings. The fraction of sp³-hybridized carbons (Fsp3) is 0.400. The van der Waals surface area contributed by atoms with Gasteiger partial charge in [0, 0.05) is 34.7 Å². The minimum Gasteiger partial charge on any atom is -0.361 e. The van der Waals surface area contributed by atoms with E-state index in [9.17, 15) is 4.79 Å². The molecule has 0 spiro atoms. The molecule has 4 N–H and O–H groups in total. The number of fused-ring (bicyclic) bond motifs is 1. The molecule has 1 aromatic heterocycles. The van der Waals surface area contributed by atoms with Crippen LogP contribution in [0.5, 0.6) is 0 Å². The van der Waals surface area contributed by atoms with Crippen LogP contribution < -0.4 is 11.1 Å². The highest BCUT2D eigenvalue weighted by Gasteiger charge is 2.21. The van der Waals surface area contributed by atoms with Crippen LogP contribution in [0.1, 0.15) is 36.0 Å². The first-order valence-electron chi connectivity index (χ1n) is 6.86. The molecule has 0 bridgehead atoms. The molecule has 4 heteroatoms. The average Bonchev–Trinajstić information content (AvgIpc) is 2.89. The van der Waals surface area contributed by atoms with E-state index in [4.69, 9.17) is 5.73 Å². The highest BCUT2D eigenvalue weighted by molar-refractivity contribution is 6.06. The number of rotatable bonds is 2. The second-order valence-corrected chi connectivity index (χ2v) is 5.33. The summed E-state index contributed by atoms with van der Waals surface area (Å²) in [5.74, 6) is 0.0191. The van der Waals surface area contributed by atoms with Crippen LogP contribution in [0.3, 0.4) is 0 Å². The molecule has 3 rings (SSSR count). The monoisotopic (exact) mass is 257 g/mol. The molecule has 1 aliphatic rings. The third-order valence-corrected chi connectivity index (χ3v) is 3.95. The van der Waals surface area contributed by atoms with Gasteiger partial charge in [-0.25, -0.2) is 0 Å². The molecule has 1 saturated carbocycles. The summed E-state index contributed by atoms with van der Waals surface area (Å²) in [6, 6.07) is 8.28. The summed E-state index contributed by atoms with van der Waals surface area (Å²) < 4.78 is 0. The second-order valence-electron chi connectivity index (χ2n) is 5.33. The zero-order valence-corrected chi connectivity index (χ0v) is 10.9. The van der Waals surface area contributed by atoms with E-state index in [-0.39, 0.29) is 11.9 Å². The van der Waals surface area contributed by atoms with Crippen molar-refractivity contribution in [3.63, 3.8) is 0 Å². The molecule has 0 aliphatic heterocycles. The van der Waals surface area contributed by atoms with Crippen LogP contribution in [0.25, 0.3) is 10.9 Å². The van der Waals surface area contributed by atoms with Crippen LogP contribution >= 0.6 is 0 Å². The highest BCUT2D eigenvalue weighted by Crippen LogP contribution is 2.20. The lowest BCUT2D eigenvalue weighted by molar-refractivity contribution is 0.0927. The minimum atomic E-state index is 0.0191. The number of hydrogen-bond acceptors (Lipinski definition) is 2. The summed E-state index contributed by atoms with van der Waals surface area (Å²) in [7, 11) is 0. The molecule has 100 valence electrons. The van der Waals surface area contributed by atoms with Gasteiger partial charge in [0.15, 0.2) is 0 Å². The van der Waals surface area contributed by atoms with E-state index in [1.165, 1.54) is 0 Å². The number of carbonyl (C=O) groups excluding carboxylic acids is 1. The summed E-state index contributed by atoms with van der Waals surface area (Å²) in [6.45, 7) is 0. The smallest absolute Gasteiger partial charge is 0.252 e. The fourth-order valence-electron chi connectivity index (χ4n) is 2.81. The SMILES string of the molecule is N[C@H]1CC[C@H](NC(=O)c2cccc3[nH]ccc23)CC1. The Morgan fingerprint density at radius 3 is 2.79 bits per heavy atom. The normalized spacial score (nSPS) is 23.4. The van der Waals surface area contributed by atoms with Gasteiger partial charge < -0.3 is 16.0 Å². The molecule has 1 amide bonds. The lowest BCUT2D eigenvalue weighted by atomic mass is 9.91. The molecule has 0 radical (unpaired) electrons. The van der Waals surface area contributed by atoms with Gasteiger partial charge in [-0.15, -0.1) is 0 Å². The van der Waals surface area contributed by atoms with Crippen LogP contribution in [-0.4, -0.2) is 23.0 Å². The number of amides is 1. The van der Waals surface area contributed by atoms with Gasteiger partial charge in [0.25, 0.3) is 5.91 Å². The zero-order valence-electron chi connectivity index (χ0n) is 10.9. The quantitative estimate of drug-likeness (QED) is 0.771. The second kappa shape index (κ2) is 5.05. The van der Waals surface area contributed by atoms with Gasteiger partial charge in [-0.2, -0.15) is 0 Å². The Labute approximate surface area is 112 Å². The average molecular weight is 257 g/mol. The number of benzene rings is 1. The van der Waals surface area contributed by atoms with Crippen molar-refractivity contribution in [2.75, 3.05) is 0 Å². The van der Waals surface area contributed by atoms with Gasteiger partial charge in [-0.1, -0.05) is 6.07 Å². The first kappa shape index (κ1) is 12.2. The standard InChI is InChI=1S/C15H19N3O/c16-10-4-6-11(7-5-10)18-15(19)13-2-1-3-14-12(13)8-9-17-14/h1-3,8-11,17H,4-7,16H2,(H,18,19)/t10-,11-. The minimum absolute atomic E-state index is 0.0191. The summed E-state index contributed by atoms with van der Waals surface area (Å²) in [5.41, 5.74) is 7.63. The number of H-pyrrole nitrogens is 1. The van der Waals surface area contributed by atoms with Crippen molar-refractivity contribution in [3.05, 3.63) is 36.0 Å². The molecular formula is C15H19N3O. The number of nitrogens with two attached hydrogens (primary N) is 1. The van der Waals surface area contributed by atoms with Gasteiger partial charge in [0.05, 0.1) is 0 Å². The van der Waals surface area contributed by atoms with Gasteiger partial charge in [0.2, 0.25) is 0 Å². The first-order valence-corrected chi connectivity index (χ1v) is 6.86. The molecule has 19 heavy (non-hydrogen) atoms. The lowest BCUT2D eigenvalue weighted by Gasteiger charge is -2.26. The predicted octanol–water partition coefficient (Wildman–Crippen LogP) is 2.17. The number of hydrogen-bond donors (Lipinski definition) is 3. The van der Waals surface area contributed by atoms with Crippen molar-refractivity contribution in [2.45, 2.75) is 37.8 Å². The maximum Gasteiger partial charge on any atom is 0.252 e. The third kappa shape index (κ3) is 2.49. The molecule has 1 aliphatic carbocycles. The third-order valence-electron chi connectivity index (χ3n) is 3.95. The Balaban J connectivity index is 1.75. The molecule has 0 saturated heterocycles. The molecule has 0 unspecified atom stereocenters. The molecule has 1 heterocycles. The van der Waals surface area contributed by atoms with Gasteiger partial charge in [0.1, 0.15) is 0 Å². The Morgan fingerprint density at radius 1 is 1.21 bits per heavy atom. The van der Waals surface area contributed by atoms with E-state index in [0.29, 0.717) is 6.04 Å². The van der Waals surface area contributed by atoms with Gasteiger partial charge in [-0.05, 0) is 43.9 Å². The number of carbonyl (C=O) groups is 1. The summed E-state index contributed by atoms with van der Waals surface area (Å²) in [4.78, 5) is 15.5. The van der Waals surface area contributed by atoms with Crippen LogP contribution in [0.4, 0.5) is 0 Å². The fourth-order valence-corrected chi connectivity index (χ4v) is 2.81. The summed E-state index contributed by atoms with van der Waals surface area (Å²) in [5, 5.41) is 4.11. The molecule has 1 aromatic carbocycles. The van der Waals surface area contributed by atoms with Gasteiger partial charge in [-0.3, -0.25) is 4.79 Å². The van der Waals surface area contributed by atoms with Crippen LogP contribution in [0.2, 0.25) is 0 Å². The topological polar surface area (TPSA) is 70.9 Å². The Kier molecular flexibility index (Phi) is 3.25. The number of aromatic amines is 1. The van der Waals surface area contributed by atoms with Crippen molar-refractivity contribution in [2.24, 2.45) is 5.73 Å². The van der Waals surface area contributed by atoms with Crippen molar-refractivity contribution in [3.8, 4) is 0 Å². The number of nitrogens with one attached hydrogen (secondary N) is 2. The Hall–Kier alpha value is -1.81. The molecular weight excluding hydrogens is 238 g/mol. The highest BCUT2D eigenvalue weighted by atomic mass is 16.1. The van der Waals surface area contributed by atoms with Crippen molar-refractivity contribution in [1.29, 1.82) is 0 Å². The van der Waals surface area contributed by atoms with Crippen molar-refractivity contribution < 1.29 is 4.79 Å². The predicted molar refractivity (Wildman–Crippen MR) is 76.0 cm³/mol. The maximum absolute atomic E-state index is 12.4. The summed E-state index contributed by atoms with van der Waals surface area (Å²) in [6.07, 6.45) is 5.83. The van der Waals surface area contributed by atoms with Crippen LogP contribution in [0, 0.1) is 0 Å². The van der Waals surface area contributed by atoms with Crippen LogP contribution in [-0.2, 0) is 0 Å². The van der Waals surface area contributed by atoms with Gasteiger partial charge >= 0.3 is 0 Å². The van der Waals surface area contributed by atoms with E-state index in [2.05, 4.69) is 10.3 Å². The van der Waals surface area contributed by atoms with E-state index in [1.807, 2.05) is 30.5 Å². The first-order chi connectivity index (χ1) is 9.24. The van der Waals surface area contributed by atoms with E-state index >= 15 is 0 Å². The number of aromatic nitrogens is 1. The maximum atomic E-state index is 12.4. The lowest BCUT2D eigenvalue weighted by Crippen LogP contribution is -2.40. The zero-order chi connectivity index (χ0) is 13.2. The van der Waals surface area contributed by atoms with Crippen molar-refractivity contribution in [1.82, 2.24) is 10.3 Å². The Bertz CT molecular complexity index is 582. The largest absolute Gasteiger partial charge is 0.361 e. The summed E-state index contributed by atoms with van der Waals surface area (Å²) >= 11 is 0. The molecule has 0 atom stereocenters.